The number of hydrogen-bond donors (Lipinski definition) is 2. The first kappa shape index (κ1) is 17.0. The van der Waals surface area contributed by atoms with Crippen molar-refractivity contribution in [3.63, 3.8) is 0 Å². The molecule has 1 aromatic carbocycles. The summed E-state index contributed by atoms with van der Waals surface area (Å²) < 4.78 is 0. The van der Waals surface area contributed by atoms with E-state index in [1.54, 1.807) is 36.2 Å². The highest BCUT2D eigenvalue weighted by Crippen LogP contribution is 2.17. The van der Waals surface area contributed by atoms with Crippen LogP contribution in [0, 0.1) is 0 Å². The highest BCUT2D eigenvalue weighted by molar-refractivity contribution is 6.30. The van der Waals surface area contributed by atoms with Crippen LogP contribution in [0.1, 0.15) is 32.4 Å². The van der Waals surface area contributed by atoms with Gasteiger partial charge in [0.15, 0.2) is 0 Å². The van der Waals surface area contributed by atoms with Crippen molar-refractivity contribution in [2.24, 2.45) is 0 Å². The van der Waals surface area contributed by atoms with Crippen molar-refractivity contribution in [3.8, 4) is 0 Å². The van der Waals surface area contributed by atoms with Crippen LogP contribution >= 0.6 is 11.6 Å². The average molecular weight is 299 g/mol. The summed E-state index contributed by atoms with van der Waals surface area (Å²) in [5, 5.41) is 13.6. The molecule has 1 unspecified atom stereocenters. The van der Waals surface area contributed by atoms with Crippen molar-refractivity contribution in [2.45, 2.75) is 32.4 Å². The van der Waals surface area contributed by atoms with E-state index in [2.05, 4.69) is 5.32 Å². The standard InChI is InChI=1S/C15H23ClN2O2/c1-15(2,3)17-14(20)10-18(4)9-13(19)11-5-7-12(16)8-6-11/h5-8,13,19H,9-10H2,1-4H3,(H,17,20). The van der Waals surface area contributed by atoms with E-state index < -0.39 is 6.10 Å². The number of nitrogens with one attached hydrogen (secondary N) is 1. The second-order valence-corrected chi connectivity index (χ2v) is 6.50. The predicted octanol–water partition coefficient (Wildman–Crippen LogP) is 2.22. The van der Waals surface area contributed by atoms with E-state index >= 15 is 0 Å². The quantitative estimate of drug-likeness (QED) is 0.876. The number of amides is 1. The lowest BCUT2D eigenvalue weighted by atomic mass is 10.1. The van der Waals surface area contributed by atoms with Crippen LogP contribution in [0.15, 0.2) is 24.3 Å². The van der Waals surface area contributed by atoms with Gasteiger partial charge in [-0.25, -0.2) is 0 Å². The van der Waals surface area contributed by atoms with Gasteiger partial charge in [-0.3, -0.25) is 9.69 Å². The number of carbonyl (C=O) groups is 1. The molecule has 4 nitrogen and oxygen atoms in total. The van der Waals surface area contributed by atoms with Crippen LogP contribution in [0.2, 0.25) is 5.02 Å². The van der Waals surface area contributed by atoms with Crippen LogP contribution in [0.4, 0.5) is 0 Å². The molecule has 1 amide bonds. The minimum atomic E-state index is -0.639. The lowest BCUT2D eigenvalue weighted by Gasteiger charge is -2.24. The number of hydrogen-bond acceptors (Lipinski definition) is 3. The number of rotatable bonds is 5. The summed E-state index contributed by atoms with van der Waals surface area (Å²) >= 11 is 5.81. The van der Waals surface area contributed by atoms with Crippen molar-refractivity contribution in [1.29, 1.82) is 0 Å². The monoisotopic (exact) mass is 298 g/mol. The number of benzene rings is 1. The van der Waals surface area contributed by atoms with Crippen LogP contribution in [0.5, 0.6) is 0 Å². The van der Waals surface area contributed by atoms with Gasteiger partial charge < -0.3 is 10.4 Å². The zero-order valence-electron chi connectivity index (χ0n) is 12.5. The maximum Gasteiger partial charge on any atom is 0.234 e. The van der Waals surface area contributed by atoms with Crippen molar-refractivity contribution in [2.75, 3.05) is 20.1 Å². The van der Waals surface area contributed by atoms with Crippen LogP contribution in [0.3, 0.4) is 0 Å². The molecule has 1 aromatic rings. The Morgan fingerprint density at radius 3 is 2.40 bits per heavy atom. The molecule has 0 heterocycles. The Bertz CT molecular complexity index is 440. The third kappa shape index (κ3) is 6.37. The van der Waals surface area contributed by atoms with E-state index in [0.717, 1.165) is 5.56 Å². The number of aliphatic hydroxyl groups is 1. The molecule has 5 heteroatoms. The van der Waals surface area contributed by atoms with E-state index in [1.165, 1.54) is 0 Å². The predicted molar refractivity (Wildman–Crippen MR) is 81.8 cm³/mol. The molecule has 20 heavy (non-hydrogen) atoms. The molecule has 0 aliphatic rings. The molecule has 1 atom stereocenters. The van der Waals surface area contributed by atoms with Crippen molar-refractivity contribution in [1.82, 2.24) is 10.2 Å². The smallest absolute Gasteiger partial charge is 0.234 e. The maximum absolute atomic E-state index is 11.8. The van der Waals surface area contributed by atoms with Crippen LogP contribution < -0.4 is 5.32 Å². The summed E-state index contributed by atoms with van der Waals surface area (Å²) in [7, 11) is 1.81. The largest absolute Gasteiger partial charge is 0.387 e. The molecule has 0 aliphatic carbocycles. The summed E-state index contributed by atoms with van der Waals surface area (Å²) in [5.41, 5.74) is 0.546. The SMILES string of the molecule is CN(CC(=O)NC(C)(C)C)CC(O)c1ccc(Cl)cc1. The van der Waals surface area contributed by atoms with E-state index in [-0.39, 0.29) is 18.0 Å². The van der Waals surface area contributed by atoms with Crippen LogP contribution in [0.25, 0.3) is 0 Å². The van der Waals surface area contributed by atoms with E-state index in [0.29, 0.717) is 11.6 Å². The lowest BCUT2D eigenvalue weighted by Crippen LogP contribution is -2.45. The highest BCUT2D eigenvalue weighted by atomic mass is 35.5. The van der Waals surface area contributed by atoms with Gasteiger partial charge in [0.1, 0.15) is 0 Å². The topological polar surface area (TPSA) is 52.6 Å². The van der Waals surface area contributed by atoms with Crippen molar-refractivity contribution < 1.29 is 9.90 Å². The van der Waals surface area contributed by atoms with Crippen molar-refractivity contribution >= 4 is 17.5 Å². The minimum absolute atomic E-state index is 0.0525. The average Bonchev–Trinajstić information content (AvgIpc) is 2.26. The second kappa shape index (κ2) is 7.07. The Kier molecular flexibility index (Phi) is 5.99. The summed E-state index contributed by atoms with van der Waals surface area (Å²) in [5.74, 6) is -0.0525. The summed E-state index contributed by atoms with van der Waals surface area (Å²) in [6.07, 6.45) is -0.639. The lowest BCUT2D eigenvalue weighted by molar-refractivity contribution is -0.123. The highest BCUT2D eigenvalue weighted by Gasteiger charge is 2.17. The molecule has 0 spiro atoms. The first-order valence-corrected chi connectivity index (χ1v) is 6.98. The Labute approximate surface area is 125 Å². The van der Waals surface area contributed by atoms with E-state index in [9.17, 15) is 9.90 Å². The summed E-state index contributed by atoms with van der Waals surface area (Å²) in [6, 6.07) is 7.06. The van der Waals surface area contributed by atoms with Gasteiger partial charge in [0, 0.05) is 17.1 Å². The molecule has 0 radical (unpaired) electrons. The molecular weight excluding hydrogens is 276 g/mol. The second-order valence-electron chi connectivity index (χ2n) is 6.06. The molecule has 2 N–H and O–H groups in total. The molecular formula is C15H23ClN2O2. The Morgan fingerprint density at radius 2 is 1.90 bits per heavy atom. The molecule has 0 aromatic heterocycles. The molecule has 0 aliphatic heterocycles. The number of likely N-dealkylation sites (N-methyl/N-ethyl adjacent to an activating group) is 1. The van der Waals surface area contributed by atoms with Crippen molar-refractivity contribution in [3.05, 3.63) is 34.9 Å². The minimum Gasteiger partial charge on any atom is -0.387 e. The fourth-order valence-corrected chi connectivity index (χ4v) is 1.98. The summed E-state index contributed by atoms with van der Waals surface area (Å²) in [4.78, 5) is 13.6. The fraction of sp³-hybridized carbons (Fsp3) is 0.533. The first-order chi connectivity index (χ1) is 9.17. The first-order valence-electron chi connectivity index (χ1n) is 6.60. The van der Waals surface area contributed by atoms with Gasteiger partial charge in [0.25, 0.3) is 0 Å². The Hall–Kier alpha value is -1.10. The number of carbonyl (C=O) groups excluding carboxylic acids is 1. The van der Waals surface area contributed by atoms with Gasteiger partial charge in [-0.15, -0.1) is 0 Å². The molecule has 1 rings (SSSR count). The van der Waals surface area contributed by atoms with Crippen LogP contribution in [-0.4, -0.2) is 41.6 Å². The van der Waals surface area contributed by atoms with E-state index in [1.807, 2.05) is 20.8 Å². The third-order valence-corrected chi connectivity index (χ3v) is 2.92. The fourth-order valence-electron chi connectivity index (χ4n) is 1.85. The van der Waals surface area contributed by atoms with Gasteiger partial charge in [-0.2, -0.15) is 0 Å². The number of nitrogens with zero attached hydrogens (tertiary/aromatic N) is 1. The molecule has 112 valence electrons. The summed E-state index contributed by atoms with van der Waals surface area (Å²) in [6.45, 7) is 6.45. The zero-order chi connectivity index (χ0) is 15.3. The van der Waals surface area contributed by atoms with E-state index in [4.69, 9.17) is 11.6 Å². The maximum atomic E-state index is 11.8. The van der Waals surface area contributed by atoms with Gasteiger partial charge in [0.05, 0.1) is 12.6 Å². The van der Waals surface area contributed by atoms with Crippen LogP contribution in [-0.2, 0) is 4.79 Å². The molecule has 0 fully saturated rings. The Morgan fingerprint density at radius 1 is 1.35 bits per heavy atom. The third-order valence-electron chi connectivity index (χ3n) is 2.67. The molecule has 0 bridgehead atoms. The van der Waals surface area contributed by atoms with Gasteiger partial charge >= 0.3 is 0 Å². The molecule has 0 saturated carbocycles. The Balaban J connectivity index is 2.47. The van der Waals surface area contributed by atoms with Gasteiger partial charge in [-0.1, -0.05) is 23.7 Å². The molecule has 0 saturated heterocycles. The van der Waals surface area contributed by atoms with Gasteiger partial charge in [0.2, 0.25) is 5.91 Å². The number of aliphatic hydroxyl groups excluding tert-OH is 1. The van der Waals surface area contributed by atoms with Gasteiger partial charge in [-0.05, 0) is 45.5 Å². The zero-order valence-corrected chi connectivity index (χ0v) is 13.2. The number of halogens is 1. The normalized spacial score (nSPS) is 13.3.